The number of rotatable bonds is 3. The van der Waals surface area contributed by atoms with E-state index in [1.807, 2.05) is 5.51 Å². The Hall–Kier alpha value is -1.29. The van der Waals surface area contributed by atoms with Gasteiger partial charge in [-0.1, -0.05) is 19.3 Å². The maximum Gasteiger partial charge on any atom is 0.106 e. The number of anilines is 2. The van der Waals surface area contributed by atoms with Crippen molar-refractivity contribution in [3.8, 4) is 0 Å². The molecule has 2 aromatic rings. The second-order valence-corrected chi connectivity index (χ2v) is 6.47. The van der Waals surface area contributed by atoms with E-state index in [1.165, 1.54) is 36.8 Å². The molecule has 3 rings (SSSR count). The standard InChI is InChI=1S/C15H21N3S/c1-18(9-11-5-3-2-4-6-11)12-7-8-13-15(14(12)16)17-10-19-13/h7-8,10-11H,2-6,9,16H2,1H3. The molecule has 1 aromatic heterocycles. The molecular formula is C15H21N3S. The Bertz CT molecular complexity index is 558. The van der Waals surface area contributed by atoms with E-state index in [4.69, 9.17) is 5.73 Å². The fraction of sp³-hybridized carbons (Fsp3) is 0.533. The molecule has 2 N–H and O–H groups in total. The zero-order valence-electron chi connectivity index (χ0n) is 11.4. The van der Waals surface area contributed by atoms with Crippen LogP contribution in [0.5, 0.6) is 0 Å². The summed E-state index contributed by atoms with van der Waals surface area (Å²) in [5, 5.41) is 0. The Kier molecular flexibility index (Phi) is 3.60. The Morgan fingerprint density at radius 3 is 2.89 bits per heavy atom. The zero-order valence-corrected chi connectivity index (χ0v) is 12.2. The average molecular weight is 275 g/mol. The van der Waals surface area contributed by atoms with E-state index < -0.39 is 0 Å². The number of nitrogens with zero attached hydrogens (tertiary/aromatic N) is 2. The molecule has 1 heterocycles. The summed E-state index contributed by atoms with van der Waals surface area (Å²) in [7, 11) is 2.15. The summed E-state index contributed by atoms with van der Waals surface area (Å²) >= 11 is 1.65. The van der Waals surface area contributed by atoms with Crippen molar-refractivity contribution in [2.24, 2.45) is 5.92 Å². The van der Waals surface area contributed by atoms with E-state index in [9.17, 15) is 0 Å². The molecule has 0 spiro atoms. The Balaban J connectivity index is 1.80. The summed E-state index contributed by atoms with van der Waals surface area (Å²) < 4.78 is 1.17. The first-order chi connectivity index (χ1) is 9.25. The van der Waals surface area contributed by atoms with Crippen molar-refractivity contribution in [1.29, 1.82) is 0 Å². The van der Waals surface area contributed by atoms with Crippen molar-refractivity contribution >= 4 is 32.9 Å². The van der Waals surface area contributed by atoms with Crippen LogP contribution in [0.15, 0.2) is 17.6 Å². The van der Waals surface area contributed by atoms with Crippen LogP contribution in [0, 0.1) is 5.92 Å². The SMILES string of the molecule is CN(CC1CCCCC1)c1ccc2scnc2c1N. The molecule has 1 aliphatic rings. The third-order valence-electron chi connectivity index (χ3n) is 4.19. The van der Waals surface area contributed by atoms with Gasteiger partial charge in [-0.2, -0.15) is 0 Å². The molecule has 102 valence electrons. The van der Waals surface area contributed by atoms with E-state index in [-0.39, 0.29) is 0 Å². The summed E-state index contributed by atoms with van der Waals surface area (Å²) in [5.41, 5.74) is 11.1. The first-order valence-corrected chi connectivity index (χ1v) is 7.96. The topological polar surface area (TPSA) is 42.2 Å². The summed E-state index contributed by atoms with van der Waals surface area (Å²) in [5.74, 6) is 0.823. The minimum absolute atomic E-state index is 0.823. The Labute approximate surface area is 118 Å². The molecule has 0 atom stereocenters. The molecule has 3 nitrogen and oxygen atoms in total. The summed E-state index contributed by atoms with van der Waals surface area (Å²) in [6, 6.07) is 4.27. The molecule has 0 amide bonds. The minimum atomic E-state index is 0.823. The van der Waals surface area contributed by atoms with Crippen molar-refractivity contribution in [3.05, 3.63) is 17.6 Å². The third kappa shape index (κ3) is 2.54. The molecule has 0 aliphatic heterocycles. The fourth-order valence-corrected chi connectivity index (χ4v) is 3.82. The molecule has 0 unspecified atom stereocenters. The van der Waals surface area contributed by atoms with Gasteiger partial charge in [-0.3, -0.25) is 0 Å². The monoisotopic (exact) mass is 275 g/mol. The second-order valence-electron chi connectivity index (χ2n) is 5.58. The third-order valence-corrected chi connectivity index (χ3v) is 4.98. The quantitative estimate of drug-likeness (QED) is 0.864. The van der Waals surface area contributed by atoms with Crippen molar-refractivity contribution in [2.75, 3.05) is 24.2 Å². The highest BCUT2D eigenvalue weighted by molar-refractivity contribution is 7.16. The van der Waals surface area contributed by atoms with E-state index in [0.717, 1.165) is 29.4 Å². The van der Waals surface area contributed by atoms with Gasteiger partial charge in [-0.15, -0.1) is 11.3 Å². The van der Waals surface area contributed by atoms with E-state index in [1.54, 1.807) is 11.3 Å². The van der Waals surface area contributed by atoms with Crippen molar-refractivity contribution in [1.82, 2.24) is 4.98 Å². The predicted octanol–water partition coefficient (Wildman–Crippen LogP) is 3.90. The maximum absolute atomic E-state index is 6.27. The zero-order chi connectivity index (χ0) is 13.2. The second kappa shape index (κ2) is 5.37. The number of aromatic nitrogens is 1. The van der Waals surface area contributed by atoms with Gasteiger partial charge in [0.15, 0.2) is 0 Å². The lowest BCUT2D eigenvalue weighted by atomic mass is 9.89. The number of hydrogen-bond acceptors (Lipinski definition) is 4. The highest BCUT2D eigenvalue weighted by atomic mass is 32.1. The number of hydrogen-bond donors (Lipinski definition) is 1. The van der Waals surface area contributed by atoms with Crippen LogP contribution in [0.4, 0.5) is 11.4 Å². The van der Waals surface area contributed by atoms with E-state index >= 15 is 0 Å². The minimum Gasteiger partial charge on any atom is -0.395 e. The lowest BCUT2D eigenvalue weighted by molar-refractivity contribution is 0.362. The predicted molar refractivity (Wildman–Crippen MR) is 83.9 cm³/mol. The largest absolute Gasteiger partial charge is 0.395 e. The van der Waals surface area contributed by atoms with Crippen LogP contribution in [0.3, 0.4) is 0 Å². The number of nitrogens with two attached hydrogens (primary N) is 1. The molecule has 0 saturated heterocycles. The van der Waals surface area contributed by atoms with Gasteiger partial charge in [0.25, 0.3) is 0 Å². The van der Waals surface area contributed by atoms with Crippen LogP contribution in [-0.4, -0.2) is 18.6 Å². The maximum atomic E-state index is 6.27. The van der Waals surface area contributed by atoms with Gasteiger partial charge < -0.3 is 10.6 Å². The van der Waals surface area contributed by atoms with Crippen LogP contribution in [-0.2, 0) is 0 Å². The van der Waals surface area contributed by atoms with Crippen molar-refractivity contribution in [3.63, 3.8) is 0 Å². The molecule has 0 bridgehead atoms. The van der Waals surface area contributed by atoms with Crippen LogP contribution in [0.1, 0.15) is 32.1 Å². The number of fused-ring (bicyclic) bond motifs is 1. The van der Waals surface area contributed by atoms with E-state index in [0.29, 0.717) is 0 Å². The van der Waals surface area contributed by atoms with Gasteiger partial charge in [0.05, 0.1) is 21.6 Å². The molecule has 1 aromatic carbocycles. The van der Waals surface area contributed by atoms with Crippen molar-refractivity contribution < 1.29 is 0 Å². The Morgan fingerprint density at radius 1 is 1.32 bits per heavy atom. The first kappa shape index (κ1) is 12.7. The molecule has 19 heavy (non-hydrogen) atoms. The van der Waals surface area contributed by atoms with Crippen molar-refractivity contribution in [2.45, 2.75) is 32.1 Å². The molecule has 1 saturated carbocycles. The highest BCUT2D eigenvalue weighted by Gasteiger charge is 2.17. The van der Waals surface area contributed by atoms with Gasteiger partial charge in [0.2, 0.25) is 0 Å². The molecule has 4 heteroatoms. The van der Waals surface area contributed by atoms with Crippen LogP contribution < -0.4 is 10.6 Å². The summed E-state index contributed by atoms with van der Waals surface area (Å²) in [6.07, 6.45) is 6.91. The lowest BCUT2D eigenvalue weighted by Gasteiger charge is -2.29. The number of nitrogen functional groups attached to an aromatic ring is 1. The van der Waals surface area contributed by atoms with Crippen LogP contribution >= 0.6 is 11.3 Å². The molecule has 0 radical (unpaired) electrons. The number of thiazole rings is 1. The smallest absolute Gasteiger partial charge is 0.106 e. The van der Waals surface area contributed by atoms with Gasteiger partial charge >= 0.3 is 0 Å². The van der Waals surface area contributed by atoms with Gasteiger partial charge in [-0.05, 0) is 30.9 Å². The summed E-state index contributed by atoms with van der Waals surface area (Å²) in [6.45, 7) is 1.11. The van der Waals surface area contributed by atoms with Crippen LogP contribution in [0.25, 0.3) is 10.2 Å². The summed E-state index contributed by atoms with van der Waals surface area (Å²) in [4.78, 5) is 6.68. The highest BCUT2D eigenvalue weighted by Crippen LogP contribution is 2.33. The van der Waals surface area contributed by atoms with Crippen LogP contribution in [0.2, 0.25) is 0 Å². The van der Waals surface area contributed by atoms with Gasteiger partial charge in [0.1, 0.15) is 5.52 Å². The van der Waals surface area contributed by atoms with Gasteiger partial charge in [0, 0.05) is 13.6 Å². The number of benzene rings is 1. The first-order valence-electron chi connectivity index (χ1n) is 7.08. The van der Waals surface area contributed by atoms with Gasteiger partial charge in [-0.25, -0.2) is 4.98 Å². The van der Waals surface area contributed by atoms with E-state index in [2.05, 4.69) is 29.1 Å². The molecule has 1 fully saturated rings. The Morgan fingerprint density at radius 2 is 2.11 bits per heavy atom. The molecular weight excluding hydrogens is 254 g/mol. The molecule has 1 aliphatic carbocycles. The fourth-order valence-electron chi connectivity index (χ4n) is 3.13. The lowest BCUT2D eigenvalue weighted by Crippen LogP contribution is -2.27. The normalized spacial score (nSPS) is 16.9. The average Bonchev–Trinajstić information content (AvgIpc) is 2.89.